The van der Waals surface area contributed by atoms with Gasteiger partial charge in [0.25, 0.3) is 6.71 Å². The van der Waals surface area contributed by atoms with Gasteiger partial charge >= 0.3 is 8.48 Å². The summed E-state index contributed by atoms with van der Waals surface area (Å²) in [4.78, 5) is 4.94. The Kier molecular flexibility index (Phi) is 6.01. The molecule has 0 fully saturated rings. The van der Waals surface area contributed by atoms with E-state index in [0.29, 0.717) is 0 Å². The van der Waals surface area contributed by atoms with Gasteiger partial charge in [-0.3, -0.25) is 4.98 Å². The summed E-state index contributed by atoms with van der Waals surface area (Å²) in [6.07, 6.45) is 1.93. The lowest BCUT2D eigenvalue weighted by molar-refractivity contribution is 0.437. The summed E-state index contributed by atoms with van der Waals surface area (Å²) in [6.45, 7) is 18.4. The highest BCUT2D eigenvalue weighted by molar-refractivity contribution is 6.97. The van der Waals surface area contributed by atoms with Crippen molar-refractivity contribution in [2.45, 2.75) is 65.5 Å². The number of pyridine rings is 1. The zero-order valence-corrected chi connectivity index (χ0v) is 26.2. The minimum absolute atomic E-state index is 0.0167. The Bertz CT molecular complexity index is 1600. The summed E-state index contributed by atoms with van der Waals surface area (Å²) in [5.74, 6) is 2.72. The van der Waals surface area contributed by atoms with E-state index in [2.05, 4.69) is 128 Å². The number of aryl methyl sites for hydroxylation is 2. The monoisotopic (exact) mass is 546 g/mol. The van der Waals surface area contributed by atoms with Gasteiger partial charge in [-0.05, 0) is 49.0 Å². The van der Waals surface area contributed by atoms with Crippen LogP contribution in [0.5, 0.6) is 17.2 Å². The average Bonchev–Trinajstić information content (AvgIpc) is 3.22. The number of anilines is 1. The van der Waals surface area contributed by atoms with Gasteiger partial charge in [0.2, 0.25) is 0 Å². The van der Waals surface area contributed by atoms with Crippen LogP contribution in [0.4, 0.5) is 5.69 Å². The smallest absolute Gasteiger partial charge is 0.371 e. The first kappa shape index (κ1) is 26.7. The number of hydrogen-bond donors (Lipinski definition) is 0. The zero-order chi connectivity index (χ0) is 28.6. The van der Waals surface area contributed by atoms with Crippen LogP contribution in [0.3, 0.4) is 0 Å². The van der Waals surface area contributed by atoms with Crippen molar-refractivity contribution in [3.05, 3.63) is 84.1 Å². The molecule has 2 aliphatic heterocycles. The summed E-state index contributed by atoms with van der Waals surface area (Å²) in [5.41, 5.74) is 9.34. The number of aromatic nitrogens is 1. The van der Waals surface area contributed by atoms with Crippen molar-refractivity contribution in [3.63, 3.8) is 0 Å². The molecule has 3 aromatic carbocycles. The third-order valence-electron chi connectivity index (χ3n) is 8.88. The highest BCUT2D eigenvalue weighted by atomic mass is 28.4. The largest absolute Gasteiger partial charge is 0.521 e. The van der Waals surface area contributed by atoms with Gasteiger partial charge in [0.1, 0.15) is 17.2 Å². The van der Waals surface area contributed by atoms with Crippen molar-refractivity contribution in [1.29, 1.82) is 0 Å². The molecule has 0 aliphatic carbocycles. The molecule has 4 nitrogen and oxygen atoms in total. The Morgan fingerprint density at radius 2 is 1.43 bits per heavy atom. The average molecular weight is 547 g/mol. The molecule has 0 saturated carbocycles. The van der Waals surface area contributed by atoms with Gasteiger partial charge in [-0.1, -0.05) is 101 Å². The van der Waals surface area contributed by atoms with Crippen LogP contribution in [-0.2, 0) is 0 Å². The van der Waals surface area contributed by atoms with Crippen molar-refractivity contribution < 1.29 is 9.16 Å². The second-order valence-electron chi connectivity index (χ2n) is 13.4. The van der Waals surface area contributed by atoms with E-state index >= 15 is 0 Å². The summed E-state index contributed by atoms with van der Waals surface area (Å²) in [7, 11) is -0.281. The van der Waals surface area contributed by atoms with Crippen LogP contribution in [0.25, 0.3) is 11.3 Å². The number of hydrogen-bond acceptors (Lipinski definition) is 4. The molecule has 6 heteroatoms. The molecule has 0 amide bonds. The van der Waals surface area contributed by atoms with Crippen molar-refractivity contribution in [3.8, 4) is 28.5 Å². The topological polar surface area (TPSA) is 34.6 Å². The van der Waals surface area contributed by atoms with Crippen molar-refractivity contribution in [1.82, 2.24) is 4.98 Å². The number of nitrogens with zero attached hydrogens (tertiary/aromatic N) is 2. The molecule has 4 aromatic rings. The first-order valence-electron chi connectivity index (χ1n) is 14.2. The van der Waals surface area contributed by atoms with E-state index in [1.807, 2.05) is 12.3 Å². The quantitative estimate of drug-likeness (QED) is 0.227. The normalized spacial score (nSPS) is 15.6. The molecule has 2 aliphatic rings. The lowest BCUT2D eigenvalue weighted by Crippen LogP contribution is -2.65. The minimum Gasteiger partial charge on any atom is -0.521 e. The van der Waals surface area contributed by atoms with Gasteiger partial charge in [0.15, 0.2) is 5.75 Å². The van der Waals surface area contributed by atoms with Gasteiger partial charge in [-0.15, -0.1) is 0 Å². The summed E-state index contributed by atoms with van der Waals surface area (Å²) in [5, 5.41) is -0.0334. The number of benzene rings is 3. The lowest BCUT2D eigenvalue weighted by Gasteiger charge is -2.50. The van der Waals surface area contributed by atoms with Gasteiger partial charge in [0.05, 0.1) is 5.69 Å². The molecular weight excluding hydrogens is 507 g/mol. The summed E-state index contributed by atoms with van der Waals surface area (Å²) < 4.78 is 16.2. The van der Waals surface area contributed by atoms with E-state index in [9.17, 15) is 0 Å². The molecule has 0 N–H and O–H groups in total. The van der Waals surface area contributed by atoms with E-state index < -0.39 is 8.48 Å². The molecule has 6 rings (SSSR count). The van der Waals surface area contributed by atoms with E-state index in [1.165, 1.54) is 22.1 Å². The highest BCUT2D eigenvalue weighted by Crippen LogP contribution is 2.60. The molecule has 1 aromatic heterocycles. The molecule has 0 atom stereocenters. The van der Waals surface area contributed by atoms with Crippen molar-refractivity contribution >= 4 is 37.3 Å². The molecule has 3 heterocycles. The van der Waals surface area contributed by atoms with Crippen LogP contribution in [-0.4, -0.2) is 27.2 Å². The van der Waals surface area contributed by atoms with Gasteiger partial charge in [-0.25, -0.2) is 0 Å². The number of para-hydroxylation sites is 1. The maximum Gasteiger partial charge on any atom is 0.371 e. The molecular formula is C34H39BN2O2Si. The Morgan fingerprint density at radius 3 is 2.10 bits per heavy atom. The number of fused-ring (bicyclic) bond motifs is 3. The Balaban J connectivity index is 1.55. The fraction of sp³-hybridized carbons (Fsp3) is 0.324. The van der Waals surface area contributed by atoms with Crippen LogP contribution in [0, 0.1) is 13.8 Å². The molecule has 40 heavy (non-hydrogen) atoms. The number of rotatable bonds is 2. The SMILES string of the molecule is Cc1cccc(C)c1B1c2ccccc2Oc2ccc(-c3nccc4c3O[Si](C(C)(C)C)(C(C)(C)C)N4C)cc21. The van der Waals surface area contributed by atoms with Crippen LogP contribution in [0.1, 0.15) is 52.7 Å². The second kappa shape index (κ2) is 9.00. The molecule has 0 spiro atoms. The molecule has 204 valence electrons. The van der Waals surface area contributed by atoms with Gasteiger partial charge < -0.3 is 13.7 Å². The fourth-order valence-corrected chi connectivity index (χ4v) is 13.6. The Hall–Kier alpha value is -3.51. The van der Waals surface area contributed by atoms with Gasteiger partial charge in [-0.2, -0.15) is 0 Å². The van der Waals surface area contributed by atoms with Crippen LogP contribution in [0.2, 0.25) is 10.1 Å². The lowest BCUT2D eigenvalue weighted by atomic mass is 9.34. The summed E-state index contributed by atoms with van der Waals surface area (Å²) in [6, 6.07) is 23.6. The van der Waals surface area contributed by atoms with E-state index in [-0.39, 0.29) is 16.8 Å². The van der Waals surface area contributed by atoms with Crippen LogP contribution in [0.15, 0.2) is 72.9 Å². The fourth-order valence-electron chi connectivity index (χ4n) is 7.54. The molecule has 0 bridgehead atoms. The minimum atomic E-state index is -2.50. The maximum atomic E-state index is 7.24. The standard InChI is InChI=1S/C34H39BN2O2Si/c1-22-13-12-14-23(2)30(22)35-25-15-10-11-16-28(25)38-29-18-17-24(21-26(29)35)31-32-27(19-20-36-31)37(9)40(39-32,33(3,4)5)34(6,7)8/h10-21H,1-9H3. The third-order valence-corrected chi connectivity index (χ3v) is 14.6. The maximum absolute atomic E-state index is 7.24. The summed E-state index contributed by atoms with van der Waals surface area (Å²) >= 11 is 0. The number of ether oxygens (including phenoxy) is 1. The Morgan fingerprint density at radius 1 is 0.775 bits per heavy atom. The predicted octanol–water partition coefficient (Wildman–Crippen LogP) is 6.86. The van der Waals surface area contributed by atoms with E-state index in [0.717, 1.165) is 39.7 Å². The van der Waals surface area contributed by atoms with E-state index in [1.54, 1.807) is 0 Å². The van der Waals surface area contributed by atoms with Crippen molar-refractivity contribution in [2.24, 2.45) is 0 Å². The molecule has 0 radical (unpaired) electrons. The first-order valence-corrected chi connectivity index (χ1v) is 16.1. The predicted molar refractivity (Wildman–Crippen MR) is 171 cm³/mol. The third kappa shape index (κ3) is 3.76. The van der Waals surface area contributed by atoms with E-state index in [4.69, 9.17) is 14.1 Å². The van der Waals surface area contributed by atoms with Gasteiger partial charge in [0, 0.05) is 28.9 Å². The first-order chi connectivity index (χ1) is 18.8. The Labute approximate surface area is 240 Å². The van der Waals surface area contributed by atoms with Crippen LogP contribution < -0.4 is 30.1 Å². The zero-order valence-electron chi connectivity index (χ0n) is 25.2. The molecule has 0 unspecified atom stereocenters. The van der Waals surface area contributed by atoms with Crippen LogP contribution >= 0.6 is 0 Å². The van der Waals surface area contributed by atoms with Crippen molar-refractivity contribution in [2.75, 3.05) is 11.6 Å². The second-order valence-corrected chi connectivity index (χ2v) is 18.6. The molecule has 0 saturated heterocycles. The highest BCUT2D eigenvalue weighted by Gasteiger charge is 2.65.